The number of carbonyl (C=O) groups excluding carboxylic acids is 1. The molecule has 0 atom stereocenters. The molecule has 1 aromatic carbocycles. The minimum atomic E-state index is -0.510. The van der Waals surface area contributed by atoms with Crippen LogP contribution in [0.15, 0.2) is 31.0 Å². The van der Waals surface area contributed by atoms with E-state index in [0.29, 0.717) is 24.5 Å². The van der Waals surface area contributed by atoms with Crippen LogP contribution in [0, 0.1) is 0 Å². The second kappa shape index (κ2) is 8.16. The topological polar surface area (TPSA) is 90.4 Å². The zero-order valence-corrected chi connectivity index (χ0v) is 11.0. The lowest BCUT2D eigenvalue weighted by Crippen LogP contribution is -2.14. The van der Waals surface area contributed by atoms with Gasteiger partial charge < -0.3 is 21.5 Å². The fourth-order valence-electron chi connectivity index (χ4n) is 1.66. The molecule has 5 heteroatoms. The van der Waals surface area contributed by atoms with Gasteiger partial charge in [-0.15, -0.1) is 0 Å². The lowest BCUT2D eigenvalue weighted by molar-refractivity contribution is 0.0996. The fourth-order valence-corrected chi connectivity index (χ4v) is 1.66. The maximum atomic E-state index is 11.4. The van der Waals surface area contributed by atoms with E-state index in [1.165, 1.54) is 6.20 Å². The Bertz CT molecular complexity index is 433. The highest BCUT2D eigenvalue weighted by atomic mass is 16.5. The van der Waals surface area contributed by atoms with Crippen molar-refractivity contribution in [3.05, 3.63) is 36.5 Å². The zero-order valence-electron chi connectivity index (χ0n) is 11.0. The molecule has 0 aliphatic heterocycles. The first-order valence-electron chi connectivity index (χ1n) is 6.33. The van der Waals surface area contributed by atoms with E-state index in [-0.39, 0.29) is 0 Å². The third-order valence-corrected chi connectivity index (χ3v) is 2.62. The molecule has 0 aliphatic rings. The number of benzene rings is 1. The normalized spacial score (nSPS) is 9.95. The van der Waals surface area contributed by atoms with Crippen LogP contribution in [0.25, 0.3) is 0 Å². The van der Waals surface area contributed by atoms with Crippen LogP contribution in [0.2, 0.25) is 0 Å². The number of anilines is 1. The van der Waals surface area contributed by atoms with E-state index >= 15 is 0 Å². The Hall–Kier alpha value is -2.01. The van der Waals surface area contributed by atoms with Gasteiger partial charge in [0.2, 0.25) is 0 Å². The van der Waals surface area contributed by atoms with Crippen LogP contribution in [0.4, 0.5) is 5.69 Å². The van der Waals surface area contributed by atoms with Gasteiger partial charge in [-0.05, 0) is 50.2 Å². The summed E-state index contributed by atoms with van der Waals surface area (Å²) in [5, 5.41) is 2.90. The molecular formula is C14H21N3O2. The first-order valence-corrected chi connectivity index (χ1v) is 6.33. The Labute approximate surface area is 113 Å². The summed E-state index contributed by atoms with van der Waals surface area (Å²) < 4.78 is 5.58. The molecule has 0 aromatic heterocycles. The molecule has 0 saturated carbocycles. The summed E-state index contributed by atoms with van der Waals surface area (Å²) in [5.41, 5.74) is 11.9. The Kier molecular flexibility index (Phi) is 6.46. The summed E-state index contributed by atoms with van der Waals surface area (Å²) in [7, 11) is 0. The maximum Gasteiger partial charge on any atom is 0.252 e. The molecule has 1 aromatic rings. The third kappa shape index (κ3) is 5.01. The van der Waals surface area contributed by atoms with Crippen molar-refractivity contribution in [3.8, 4) is 5.75 Å². The van der Waals surface area contributed by atoms with E-state index in [2.05, 4.69) is 11.9 Å². The molecule has 5 nitrogen and oxygen atoms in total. The molecule has 0 radical (unpaired) electrons. The number of rotatable bonds is 9. The van der Waals surface area contributed by atoms with Crippen molar-refractivity contribution >= 4 is 11.6 Å². The number of carbonyl (C=O) groups is 1. The van der Waals surface area contributed by atoms with Gasteiger partial charge in [-0.25, -0.2) is 0 Å². The summed E-state index contributed by atoms with van der Waals surface area (Å²) in [6.45, 7) is 4.80. The van der Waals surface area contributed by atoms with Crippen molar-refractivity contribution in [1.29, 1.82) is 0 Å². The summed E-state index contributed by atoms with van der Waals surface area (Å²) >= 11 is 0. The van der Waals surface area contributed by atoms with Crippen LogP contribution in [-0.2, 0) is 0 Å². The summed E-state index contributed by atoms with van der Waals surface area (Å²) in [6.07, 6.45) is 4.43. The van der Waals surface area contributed by atoms with E-state index in [4.69, 9.17) is 16.2 Å². The minimum Gasteiger partial charge on any atom is -0.493 e. The number of primary amides is 1. The molecule has 0 spiro atoms. The highest BCUT2D eigenvalue weighted by Gasteiger charge is 2.10. The fraction of sp³-hybridized carbons (Fsp3) is 0.357. The van der Waals surface area contributed by atoms with Gasteiger partial charge in [0.25, 0.3) is 5.91 Å². The maximum absolute atomic E-state index is 11.4. The standard InChI is InChI=1S/C14H21N3O2/c1-2-17-11-6-7-13(12(10-11)14(16)18)19-9-5-3-4-8-15/h2,6-7,10,17H,1,3-5,8-9,15H2,(H2,16,18). The van der Waals surface area contributed by atoms with Crippen LogP contribution >= 0.6 is 0 Å². The Morgan fingerprint density at radius 3 is 2.79 bits per heavy atom. The van der Waals surface area contributed by atoms with Gasteiger partial charge in [-0.1, -0.05) is 6.58 Å². The van der Waals surface area contributed by atoms with Crippen LogP contribution < -0.4 is 21.5 Å². The van der Waals surface area contributed by atoms with Gasteiger partial charge >= 0.3 is 0 Å². The van der Waals surface area contributed by atoms with E-state index in [0.717, 1.165) is 24.9 Å². The van der Waals surface area contributed by atoms with Gasteiger partial charge in [-0.3, -0.25) is 4.79 Å². The second-order valence-electron chi connectivity index (χ2n) is 4.12. The predicted molar refractivity (Wildman–Crippen MR) is 77.2 cm³/mol. The quantitative estimate of drug-likeness (QED) is 0.593. The zero-order chi connectivity index (χ0) is 14.1. The van der Waals surface area contributed by atoms with E-state index in [9.17, 15) is 4.79 Å². The number of nitrogens with one attached hydrogen (secondary N) is 1. The third-order valence-electron chi connectivity index (χ3n) is 2.62. The number of nitrogens with two attached hydrogens (primary N) is 2. The molecule has 0 bridgehead atoms. The molecular weight excluding hydrogens is 242 g/mol. The van der Waals surface area contributed by atoms with Gasteiger partial charge in [0.1, 0.15) is 5.75 Å². The number of unbranched alkanes of at least 4 members (excludes halogenated alkanes) is 2. The van der Waals surface area contributed by atoms with Gasteiger partial charge in [0.15, 0.2) is 0 Å². The molecule has 1 amide bonds. The molecule has 0 unspecified atom stereocenters. The first kappa shape index (κ1) is 15.0. The number of ether oxygens (including phenoxy) is 1. The van der Waals surface area contributed by atoms with Crippen molar-refractivity contribution in [2.24, 2.45) is 11.5 Å². The van der Waals surface area contributed by atoms with Gasteiger partial charge in [0.05, 0.1) is 12.2 Å². The molecule has 104 valence electrons. The first-order chi connectivity index (χ1) is 9.19. The molecule has 0 heterocycles. The Balaban J connectivity index is 2.65. The van der Waals surface area contributed by atoms with Crippen molar-refractivity contribution in [2.75, 3.05) is 18.5 Å². The molecule has 1 rings (SSSR count). The minimum absolute atomic E-state index is 0.366. The van der Waals surface area contributed by atoms with Crippen LogP contribution in [-0.4, -0.2) is 19.1 Å². The Morgan fingerprint density at radius 2 is 2.16 bits per heavy atom. The predicted octanol–water partition coefficient (Wildman–Crippen LogP) is 1.85. The Morgan fingerprint density at radius 1 is 1.37 bits per heavy atom. The largest absolute Gasteiger partial charge is 0.493 e. The van der Waals surface area contributed by atoms with Crippen LogP contribution in [0.3, 0.4) is 0 Å². The average Bonchev–Trinajstić information content (AvgIpc) is 2.40. The summed E-state index contributed by atoms with van der Waals surface area (Å²) in [5.74, 6) is -0.000434. The van der Waals surface area contributed by atoms with Gasteiger partial charge in [-0.2, -0.15) is 0 Å². The van der Waals surface area contributed by atoms with Crippen molar-refractivity contribution in [2.45, 2.75) is 19.3 Å². The molecule has 0 fully saturated rings. The molecule has 19 heavy (non-hydrogen) atoms. The second-order valence-corrected chi connectivity index (χ2v) is 4.12. The van der Waals surface area contributed by atoms with E-state index in [1.54, 1.807) is 12.1 Å². The van der Waals surface area contributed by atoms with E-state index in [1.807, 2.05) is 6.07 Å². The van der Waals surface area contributed by atoms with Gasteiger partial charge in [0, 0.05) is 5.69 Å². The molecule has 0 saturated heterocycles. The van der Waals surface area contributed by atoms with Crippen molar-refractivity contribution in [1.82, 2.24) is 0 Å². The highest BCUT2D eigenvalue weighted by Crippen LogP contribution is 2.23. The lowest BCUT2D eigenvalue weighted by Gasteiger charge is -2.11. The van der Waals surface area contributed by atoms with Crippen molar-refractivity contribution in [3.63, 3.8) is 0 Å². The lowest BCUT2D eigenvalue weighted by atomic mass is 10.1. The molecule has 5 N–H and O–H groups in total. The molecule has 0 aliphatic carbocycles. The SMILES string of the molecule is C=CNc1ccc(OCCCCCN)c(C(N)=O)c1. The number of hydrogen-bond donors (Lipinski definition) is 3. The smallest absolute Gasteiger partial charge is 0.252 e. The van der Waals surface area contributed by atoms with E-state index < -0.39 is 5.91 Å². The van der Waals surface area contributed by atoms with Crippen molar-refractivity contribution < 1.29 is 9.53 Å². The summed E-state index contributed by atoms with van der Waals surface area (Å²) in [6, 6.07) is 5.19. The highest BCUT2D eigenvalue weighted by molar-refractivity contribution is 5.96. The average molecular weight is 263 g/mol. The number of amides is 1. The monoisotopic (exact) mass is 263 g/mol. The number of hydrogen-bond acceptors (Lipinski definition) is 4. The van der Waals surface area contributed by atoms with Crippen LogP contribution in [0.5, 0.6) is 5.75 Å². The summed E-state index contributed by atoms with van der Waals surface area (Å²) in [4.78, 5) is 11.4. The van der Waals surface area contributed by atoms with Crippen LogP contribution in [0.1, 0.15) is 29.6 Å².